The predicted molar refractivity (Wildman–Crippen MR) is 75.2 cm³/mol. The fraction of sp³-hybridized carbons (Fsp3) is 0.167. The van der Waals surface area contributed by atoms with E-state index in [1.54, 1.807) is 6.92 Å². The minimum atomic E-state index is -0.439. The third kappa shape index (κ3) is 2.72. The first kappa shape index (κ1) is 13.6. The van der Waals surface area contributed by atoms with Gasteiger partial charge in [0.15, 0.2) is 17.6 Å². The number of para-hydroxylation sites is 1. The van der Waals surface area contributed by atoms with E-state index in [-0.39, 0.29) is 17.3 Å². The zero-order valence-corrected chi connectivity index (χ0v) is 12.4. The number of nitrogen functional groups attached to an aromatic ring is 1. The number of aromatic nitrogens is 4. The van der Waals surface area contributed by atoms with Crippen LogP contribution in [0.15, 0.2) is 37.9 Å². The fourth-order valence-electron chi connectivity index (χ4n) is 1.63. The van der Waals surface area contributed by atoms with Gasteiger partial charge in [-0.25, -0.2) is 4.63 Å². The molecule has 0 saturated carbocycles. The Morgan fingerprint density at radius 1 is 1.24 bits per heavy atom. The highest BCUT2D eigenvalue weighted by Gasteiger charge is 2.21. The van der Waals surface area contributed by atoms with E-state index < -0.39 is 6.10 Å². The number of anilines is 1. The molecule has 0 aliphatic rings. The van der Waals surface area contributed by atoms with Crippen LogP contribution in [-0.2, 0) is 0 Å². The van der Waals surface area contributed by atoms with E-state index in [2.05, 4.69) is 41.0 Å². The van der Waals surface area contributed by atoms with Gasteiger partial charge >= 0.3 is 0 Å². The van der Waals surface area contributed by atoms with Crippen LogP contribution in [0.2, 0.25) is 0 Å². The first-order valence-electron chi connectivity index (χ1n) is 5.98. The maximum atomic E-state index is 5.76. The number of hydrogen-bond donors (Lipinski definition) is 1. The lowest BCUT2D eigenvalue weighted by molar-refractivity contribution is 0.174. The molecule has 0 aliphatic heterocycles. The Kier molecular flexibility index (Phi) is 3.57. The van der Waals surface area contributed by atoms with Crippen molar-refractivity contribution >= 4 is 21.7 Å². The summed E-state index contributed by atoms with van der Waals surface area (Å²) < 4.78 is 16.2. The molecule has 0 fully saturated rings. The number of benzene rings is 1. The number of nitrogens with zero attached hydrogens (tertiary/aromatic N) is 4. The van der Waals surface area contributed by atoms with Crippen molar-refractivity contribution in [2.75, 3.05) is 5.73 Å². The van der Waals surface area contributed by atoms with E-state index in [0.29, 0.717) is 11.6 Å². The summed E-state index contributed by atoms with van der Waals surface area (Å²) in [5.41, 5.74) is 5.81. The minimum Gasteiger partial charge on any atom is -0.480 e. The van der Waals surface area contributed by atoms with Crippen molar-refractivity contribution in [3.8, 4) is 17.3 Å². The molecule has 21 heavy (non-hydrogen) atoms. The molecule has 1 aromatic carbocycles. The Balaban J connectivity index is 1.80. The zero-order valence-electron chi connectivity index (χ0n) is 10.9. The van der Waals surface area contributed by atoms with Crippen LogP contribution in [0.3, 0.4) is 0 Å². The van der Waals surface area contributed by atoms with Gasteiger partial charge in [-0.2, -0.15) is 4.98 Å². The molecule has 0 aliphatic carbocycles. The van der Waals surface area contributed by atoms with Crippen molar-refractivity contribution in [3.05, 3.63) is 34.6 Å². The van der Waals surface area contributed by atoms with E-state index in [9.17, 15) is 0 Å². The van der Waals surface area contributed by atoms with Gasteiger partial charge in [-0.15, -0.1) is 0 Å². The van der Waals surface area contributed by atoms with E-state index in [0.717, 1.165) is 4.47 Å². The third-order valence-electron chi connectivity index (χ3n) is 2.66. The summed E-state index contributed by atoms with van der Waals surface area (Å²) in [5.74, 6) is 1.27. The Labute approximate surface area is 127 Å². The van der Waals surface area contributed by atoms with Crippen LogP contribution in [-0.4, -0.2) is 20.5 Å². The van der Waals surface area contributed by atoms with Crippen LogP contribution >= 0.6 is 15.9 Å². The molecule has 108 valence electrons. The summed E-state index contributed by atoms with van der Waals surface area (Å²) in [6.45, 7) is 1.79. The zero-order chi connectivity index (χ0) is 14.8. The largest absolute Gasteiger partial charge is 0.480 e. The van der Waals surface area contributed by atoms with E-state index in [1.807, 2.05) is 24.3 Å². The number of ether oxygens (including phenoxy) is 1. The second kappa shape index (κ2) is 5.52. The highest BCUT2D eigenvalue weighted by Crippen LogP contribution is 2.29. The van der Waals surface area contributed by atoms with Crippen molar-refractivity contribution in [2.45, 2.75) is 13.0 Å². The quantitative estimate of drug-likeness (QED) is 0.762. The van der Waals surface area contributed by atoms with E-state index >= 15 is 0 Å². The van der Waals surface area contributed by atoms with Gasteiger partial charge in [0, 0.05) is 0 Å². The molecule has 3 aromatic rings. The molecule has 0 bridgehead atoms. The molecular weight excluding hydrogens is 342 g/mol. The number of rotatable bonds is 4. The molecule has 0 unspecified atom stereocenters. The number of hydrogen-bond acceptors (Lipinski definition) is 8. The molecular formula is C12H10BrN5O3. The normalized spacial score (nSPS) is 12.3. The third-order valence-corrected chi connectivity index (χ3v) is 3.31. The smallest absolute Gasteiger partial charge is 0.267 e. The maximum absolute atomic E-state index is 5.76. The van der Waals surface area contributed by atoms with E-state index in [4.69, 9.17) is 15.0 Å². The standard InChI is InChI=1S/C12H10BrN5O3/c1-6(19-8-5-3-2-4-7(8)13)12-15-11(18-20-12)9-10(14)17-21-16-9/h2-6H,1H3,(H2,14,17)/t6-/m1/s1. The van der Waals surface area contributed by atoms with Gasteiger partial charge in [0.1, 0.15) is 5.75 Å². The Bertz CT molecular complexity index is 757. The molecule has 0 spiro atoms. The van der Waals surface area contributed by atoms with Crippen LogP contribution < -0.4 is 10.5 Å². The Morgan fingerprint density at radius 2 is 2.05 bits per heavy atom. The van der Waals surface area contributed by atoms with Crippen molar-refractivity contribution in [3.63, 3.8) is 0 Å². The highest BCUT2D eigenvalue weighted by molar-refractivity contribution is 9.10. The Morgan fingerprint density at radius 3 is 2.76 bits per heavy atom. The molecule has 0 saturated heterocycles. The van der Waals surface area contributed by atoms with Gasteiger partial charge in [-0.05, 0) is 45.3 Å². The molecule has 0 amide bonds. The van der Waals surface area contributed by atoms with Crippen molar-refractivity contribution in [1.29, 1.82) is 0 Å². The average molecular weight is 352 g/mol. The first-order chi connectivity index (χ1) is 10.1. The molecule has 3 rings (SSSR count). The average Bonchev–Trinajstić information content (AvgIpc) is 3.09. The van der Waals surface area contributed by atoms with Crippen molar-refractivity contribution in [1.82, 2.24) is 20.5 Å². The van der Waals surface area contributed by atoms with Crippen LogP contribution in [0.1, 0.15) is 18.9 Å². The van der Waals surface area contributed by atoms with Gasteiger partial charge in [0.05, 0.1) is 4.47 Å². The molecule has 9 heteroatoms. The van der Waals surface area contributed by atoms with E-state index in [1.165, 1.54) is 0 Å². The van der Waals surface area contributed by atoms with Gasteiger partial charge in [0.2, 0.25) is 5.82 Å². The van der Waals surface area contributed by atoms with Gasteiger partial charge in [-0.3, -0.25) is 0 Å². The fourth-order valence-corrected chi connectivity index (χ4v) is 2.01. The van der Waals surface area contributed by atoms with Crippen LogP contribution in [0.5, 0.6) is 5.75 Å². The molecule has 8 nitrogen and oxygen atoms in total. The summed E-state index contributed by atoms with van der Waals surface area (Å²) >= 11 is 3.40. The SMILES string of the molecule is C[C@@H](Oc1ccccc1Br)c1nc(-c2nonc2N)no1. The number of nitrogens with two attached hydrogens (primary N) is 1. The summed E-state index contributed by atoms with van der Waals surface area (Å²) in [7, 11) is 0. The number of halogens is 1. The minimum absolute atomic E-state index is 0.0988. The summed E-state index contributed by atoms with van der Waals surface area (Å²) in [5, 5.41) is 10.9. The second-order valence-corrected chi connectivity index (χ2v) is 5.00. The van der Waals surface area contributed by atoms with Gasteiger partial charge in [-0.1, -0.05) is 17.3 Å². The molecule has 1 atom stereocenters. The maximum Gasteiger partial charge on any atom is 0.267 e. The lowest BCUT2D eigenvalue weighted by atomic mass is 10.3. The topological polar surface area (TPSA) is 113 Å². The molecule has 2 N–H and O–H groups in total. The van der Waals surface area contributed by atoms with Gasteiger partial charge < -0.3 is 15.0 Å². The van der Waals surface area contributed by atoms with Crippen LogP contribution in [0.4, 0.5) is 5.82 Å². The summed E-state index contributed by atoms with van der Waals surface area (Å²) in [4.78, 5) is 4.18. The first-order valence-corrected chi connectivity index (χ1v) is 6.77. The van der Waals surface area contributed by atoms with Crippen molar-refractivity contribution in [2.24, 2.45) is 0 Å². The monoisotopic (exact) mass is 351 g/mol. The molecule has 2 heterocycles. The second-order valence-electron chi connectivity index (χ2n) is 4.14. The molecule has 0 radical (unpaired) electrons. The summed E-state index contributed by atoms with van der Waals surface area (Å²) in [6, 6.07) is 7.47. The van der Waals surface area contributed by atoms with Crippen LogP contribution in [0, 0.1) is 0 Å². The van der Waals surface area contributed by atoms with Crippen molar-refractivity contribution < 1.29 is 13.9 Å². The molecule has 2 aromatic heterocycles. The highest BCUT2D eigenvalue weighted by atomic mass is 79.9. The lowest BCUT2D eigenvalue weighted by Crippen LogP contribution is -2.04. The van der Waals surface area contributed by atoms with Gasteiger partial charge in [0.25, 0.3) is 5.89 Å². The Hall–Kier alpha value is -2.42. The summed E-state index contributed by atoms with van der Waals surface area (Å²) in [6.07, 6.45) is -0.439. The lowest BCUT2D eigenvalue weighted by Gasteiger charge is -2.11. The predicted octanol–water partition coefficient (Wildman–Crippen LogP) is 2.60. The van der Waals surface area contributed by atoms with Crippen LogP contribution in [0.25, 0.3) is 11.5 Å².